The highest BCUT2D eigenvalue weighted by Crippen LogP contribution is 2.18. The van der Waals surface area contributed by atoms with E-state index in [1.165, 1.54) is 5.56 Å². The highest BCUT2D eigenvalue weighted by atomic mass is 16.5. The maximum Gasteiger partial charge on any atom is 0.262 e. The third-order valence-corrected chi connectivity index (χ3v) is 4.23. The predicted octanol–water partition coefficient (Wildman–Crippen LogP) is 4.78. The number of nitrogens with zero attached hydrogens (tertiary/aromatic N) is 1. The Bertz CT molecular complexity index is 995. The Balaban J connectivity index is 1.57. The highest BCUT2D eigenvalue weighted by Gasteiger charge is 2.05. The number of benzene rings is 3. The van der Waals surface area contributed by atoms with Gasteiger partial charge in [0.1, 0.15) is 11.5 Å². The number of hydrogen-bond acceptors (Lipinski definition) is 4. The van der Waals surface area contributed by atoms with Crippen LogP contribution in [0.4, 0.5) is 11.4 Å². The number of phenolic OH excluding ortho intramolecular Hbond substituents is 1. The Hall–Kier alpha value is -3.60. The molecule has 0 spiro atoms. The quantitative estimate of drug-likeness (QED) is 0.610. The number of amides is 1. The molecular formula is C23H22N2O3. The van der Waals surface area contributed by atoms with Gasteiger partial charge < -0.3 is 15.2 Å². The van der Waals surface area contributed by atoms with Crippen LogP contribution in [0.25, 0.3) is 0 Å². The van der Waals surface area contributed by atoms with E-state index in [-0.39, 0.29) is 18.3 Å². The van der Waals surface area contributed by atoms with Crippen LogP contribution < -0.4 is 10.1 Å². The minimum atomic E-state index is -0.216. The second-order valence-electron chi connectivity index (χ2n) is 6.48. The summed E-state index contributed by atoms with van der Waals surface area (Å²) in [5, 5.41) is 12.1. The lowest BCUT2D eigenvalue weighted by atomic mass is 10.1. The summed E-state index contributed by atoms with van der Waals surface area (Å²) < 4.78 is 5.60. The van der Waals surface area contributed by atoms with E-state index in [2.05, 4.69) is 10.3 Å². The molecule has 0 aromatic heterocycles. The Kier molecular flexibility index (Phi) is 6.07. The highest BCUT2D eigenvalue weighted by molar-refractivity contribution is 5.92. The largest absolute Gasteiger partial charge is 0.508 e. The number of aliphatic imine (C=N–C) groups is 1. The fourth-order valence-electron chi connectivity index (χ4n) is 2.54. The van der Waals surface area contributed by atoms with E-state index in [4.69, 9.17) is 4.74 Å². The number of rotatable bonds is 6. The number of phenols is 1. The minimum absolute atomic E-state index is 0.0779. The Labute approximate surface area is 164 Å². The lowest BCUT2D eigenvalue weighted by Crippen LogP contribution is -2.20. The molecule has 0 bridgehead atoms. The molecule has 0 atom stereocenters. The first kappa shape index (κ1) is 19.2. The maximum atomic E-state index is 12.1. The summed E-state index contributed by atoms with van der Waals surface area (Å²) in [4.78, 5) is 16.5. The van der Waals surface area contributed by atoms with Crippen LogP contribution in [0.2, 0.25) is 0 Å². The molecule has 0 aliphatic rings. The lowest BCUT2D eigenvalue weighted by Gasteiger charge is -2.09. The van der Waals surface area contributed by atoms with Gasteiger partial charge in [-0.25, -0.2) is 0 Å². The third kappa shape index (κ3) is 5.45. The number of aromatic hydroxyl groups is 1. The first-order valence-electron chi connectivity index (χ1n) is 8.93. The number of carbonyl (C=O) groups excluding carboxylic acids is 1. The first-order valence-corrected chi connectivity index (χ1v) is 8.93. The van der Waals surface area contributed by atoms with Crippen molar-refractivity contribution in [3.05, 3.63) is 83.4 Å². The van der Waals surface area contributed by atoms with Crippen LogP contribution in [-0.4, -0.2) is 23.8 Å². The molecule has 0 fully saturated rings. The van der Waals surface area contributed by atoms with Crippen molar-refractivity contribution in [2.24, 2.45) is 4.99 Å². The summed E-state index contributed by atoms with van der Waals surface area (Å²) in [6, 6.07) is 19.7. The average Bonchev–Trinajstić information content (AvgIpc) is 2.69. The molecule has 0 radical (unpaired) electrons. The molecule has 5 heteroatoms. The molecule has 0 unspecified atom stereocenters. The maximum absolute atomic E-state index is 12.1. The number of carbonyl (C=O) groups is 1. The van der Waals surface area contributed by atoms with Gasteiger partial charge in [-0.05, 0) is 79.1 Å². The van der Waals surface area contributed by atoms with Gasteiger partial charge in [0.05, 0.1) is 5.69 Å². The van der Waals surface area contributed by atoms with E-state index in [9.17, 15) is 9.90 Å². The average molecular weight is 374 g/mol. The number of aryl methyl sites for hydroxylation is 2. The number of anilines is 1. The van der Waals surface area contributed by atoms with Crippen molar-refractivity contribution >= 4 is 23.5 Å². The molecular weight excluding hydrogens is 352 g/mol. The Morgan fingerprint density at radius 2 is 1.82 bits per heavy atom. The predicted molar refractivity (Wildman–Crippen MR) is 112 cm³/mol. The number of nitrogens with one attached hydrogen (secondary N) is 1. The van der Waals surface area contributed by atoms with Crippen molar-refractivity contribution in [3.8, 4) is 11.5 Å². The van der Waals surface area contributed by atoms with Gasteiger partial charge in [-0.15, -0.1) is 0 Å². The van der Waals surface area contributed by atoms with Crippen LogP contribution in [0.3, 0.4) is 0 Å². The van der Waals surface area contributed by atoms with Crippen molar-refractivity contribution in [1.29, 1.82) is 0 Å². The normalized spacial score (nSPS) is 10.8. The van der Waals surface area contributed by atoms with E-state index in [1.54, 1.807) is 36.5 Å². The zero-order valence-electron chi connectivity index (χ0n) is 15.8. The molecule has 5 nitrogen and oxygen atoms in total. The zero-order chi connectivity index (χ0) is 19.9. The molecule has 3 aromatic rings. The SMILES string of the molecule is Cc1ccc(NC(=O)COc2cccc(C=Nc3ccc(O)cc3)c2)cc1C. The molecule has 0 aliphatic carbocycles. The van der Waals surface area contributed by atoms with Crippen LogP contribution in [0.5, 0.6) is 11.5 Å². The molecule has 0 saturated carbocycles. The molecule has 0 aliphatic heterocycles. The van der Waals surface area contributed by atoms with Crippen molar-refractivity contribution in [1.82, 2.24) is 0 Å². The van der Waals surface area contributed by atoms with Crippen LogP contribution in [0.1, 0.15) is 16.7 Å². The van der Waals surface area contributed by atoms with Gasteiger partial charge in [0.25, 0.3) is 5.91 Å². The third-order valence-electron chi connectivity index (χ3n) is 4.23. The number of hydrogen-bond donors (Lipinski definition) is 2. The van der Waals surface area contributed by atoms with E-state index >= 15 is 0 Å². The molecule has 0 heterocycles. The molecule has 3 aromatic carbocycles. The Morgan fingerprint density at radius 1 is 1.04 bits per heavy atom. The van der Waals surface area contributed by atoms with Crippen molar-refractivity contribution in [3.63, 3.8) is 0 Å². The van der Waals surface area contributed by atoms with Crippen LogP contribution >= 0.6 is 0 Å². The van der Waals surface area contributed by atoms with Crippen molar-refractivity contribution < 1.29 is 14.6 Å². The first-order chi connectivity index (χ1) is 13.5. The fourth-order valence-corrected chi connectivity index (χ4v) is 2.54. The standard InChI is InChI=1S/C23H22N2O3/c1-16-6-7-20(12-17(16)2)25-23(27)15-28-22-5-3-4-18(13-22)14-24-19-8-10-21(26)11-9-19/h3-14,26H,15H2,1-2H3,(H,25,27). The van der Waals surface area contributed by atoms with Gasteiger partial charge >= 0.3 is 0 Å². The summed E-state index contributed by atoms with van der Waals surface area (Å²) >= 11 is 0. The van der Waals surface area contributed by atoms with E-state index in [0.29, 0.717) is 5.75 Å². The van der Waals surface area contributed by atoms with E-state index in [0.717, 1.165) is 22.5 Å². The van der Waals surface area contributed by atoms with Gasteiger partial charge in [-0.1, -0.05) is 18.2 Å². The second-order valence-corrected chi connectivity index (χ2v) is 6.48. The summed E-state index contributed by atoms with van der Waals surface area (Å²) in [6.07, 6.45) is 1.70. The van der Waals surface area contributed by atoms with Gasteiger partial charge in [0.2, 0.25) is 0 Å². The molecule has 142 valence electrons. The van der Waals surface area contributed by atoms with Gasteiger partial charge in [-0.3, -0.25) is 9.79 Å². The van der Waals surface area contributed by atoms with Crippen LogP contribution in [-0.2, 0) is 4.79 Å². The summed E-state index contributed by atoms with van der Waals surface area (Å²) in [5.41, 5.74) is 4.64. The van der Waals surface area contributed by atoms with E-state index < -0.39 is 0 Å². The monoisotopic (exact) mass is 374 g/mol. The fraction of sp³-hybridized carbons (Fsp3) is 0.130. The number of ether oxygens (including phenoxy) is 1. The molecule has 1 amide bonds. The molecule has 2 N–H and O–H groups in total. The van der Waals surface area contributed by atoms with Crippen molar-refractivity contribution in [2.45, 2.75) is 13.8 Å². The van der Waals surface area contributed by atoms with Gasteiger partial charge in [0.15, 0.2) is 6.61 Å². The van der Waals surface area contributed by atoms with Crippen LogP contribution in [0, 0.1) is 13.8 Å². The van der Waals surface area contributed by atoms with Gasteiger partial charge in [-0.2, -0.15) is 0 Å². The Morgan fingerprint density at radius 3 is 2.57 bits per heavy atom. The molecule has 0 saturated heterocycles. The van der Waals surface area contributed by atoms with Crippen molar-refractivity contribution in [2.75, 3.05) is 11.9 Å². The smallest absolute Gasteiger partial charge is 0.262 e. The minimum Gasteiger partial charge on any atom is -0.508 e. The molecule has 3 rings (SSSR count). The lowest BCUT2D eigenvalue weighted by molar-refractivity contribution is -0.118. The van der Waals surface area contributed by atoms with Crippen LogP contribution in [0.15, 0.2) is 71.7 Å². The zero-order valence-corrected chi connectivity index (χ0v) is 15.8. The summed E-state index contributed by atoms with van der Waals surface area (Å²) in [6.45, 7) is 3.96. The summed E-state index contributed by atoms with van der Waals surface area (Å²) in [5.74, 6) is 0.574. The topological polar surface area (TPSA) is 70.9 Å². The second kappa shape index (κ2) is 8.86. The summed E-state index contributed by atoms with van der Waals surface area (Å²) in [7, 11) is 0. The van der Waals surface area contributed by atoms with Gasteiger partial charge in [0, 0.05) is 11.9 Å². The van der Waals surface area contributed by atoms with E-state index in [1.807, 2.05) is 50.2 Å². The molecule has 28 heavy (non-hydrogen) atoms.